The molecule has 0 bridgehead atoms. The topological polar surface area (TPSA) is 20.3 Å². The molecule has 0 radical (unpaired) electrons. The van der Waals surface area contributed by atoms with Crippen LogP contribution in [-0.4, -0.2) is 34.4 Å². The summed E-state index contributed by atoms with van der Waals surface area (Å²) in [4.78, 5) is 15.1. The molecular weight excluding hydrogens is 330 g/mol. The number of hydrogen-bond acceptors (Lipinski definition) is 3. The van der Waals surface area contributed by atoms with Gasteiger partial charge in [0, 0.05) is 33.0 Å². The lowest BCUT2D eigenvalue weighted by atomic mass is 10.1. The molecule has 2 nitrogen and oxygen atoms in total. The predicted molar refractivity (Wildman–Crippen MR) is 83.8 cm³/mol. The molecule has 1 fully saturated rings. The van der Waals surface area contributed by atoms with E-state index in [1.54, 1.807) is 0 Å². The molecule has 1 aliphatic heterocycles. The number of benzene rings is 1. The van der Waals surface area contributed by atoms with Crippen molar-refractivity contribution in [3.05, 3.63) is 28.2 Å². The summed E-state index contributed by atoms with van der Waals surface area (Å²) < 4.78 is 1.08. The predicted octanol–water partition coefficient (Wildman–Crippen LogP) is 3.71. The third-order valence-corrected chi connectivity index (χ3v) is 5.06. The van der Waals surface area contributed by atoms with Crippen LogP contribution in [0.25, 0.3) is 0 Å². The van der Waals surface area contributed by atoms with E-state index in [4.69, 9.17) is 0 Å². The van der Waals surface area contributed by atoms with Gasteiger partial charge in [-0.2, -0.15) is 11.8 Å². The number of amides is 1. The zero-order valence-corrected chi connectivity index (χ0v) is 13.7. The van der Waals surface area contributed by atoms with Gasteiger partial charge in [-0.1, -0.05) is 15.9 Å². The first-order valence-electron chi connectivity index (χ1n) is 5.81. The standard InChI is InChI=1S/C13H16BrNOS2/c1-13(2)8-15(5-6-18-13)12(16)10-4-3-9(14)7-11(10)17/h3-4,7,17H,5-6,8H2,1-2H3. The summed E-state index contributed by atoms with van der Waals surface area (Å²) in [5, 5.41) is 0. The van der Waals surface area contributed by atoms with Crippen LogP contribution in [0.1, 0.15) is 24.2 Å². The van der Waals surface area contributed by atoms with Crippen LogP contribution in [0.3, 0.4) is 0 Å². The van der Waals surface area contributed by atoms with Gasteiger partial charge in [0.2, 0.25) is 0 Å². The van der Waals surface area contributed by atoms with E-state index in [0.29, 0.717) is 5.56 Å². The first-order valence-corrected chi connectivity index (χ1v) is 8.03. The summed E-state index contributed by atoms with van der Waals surface area (Å²) in [5.41, 5.74) is 0.684. The van der Waals surface area contributed by atoms with Crippen LogP contribution in [0.15, 0.2) is 27.6 Å². The van der Waals surface area contributed by atoms with Crippen LogP contribution >= 0.6 is 40.3 Å². The minimum Gasteiger partial charge on any atom is -0.336 e. The van der Waals surface area contributed by atoms with E-state index in [-0.39, 0.29) is 10.7 Å². The number of nitrogens with zero attached hydrogens (tertiary/aromatic N) is 1. The van der Waals surface area contributed by atoms with Crippen molar-refractivity contribution in [2.75, 3.05) is 18.8 Å². The van der Waals surface area contributed by atoms with E-state index >= 15 is 0 Å². The molecule has 0 N–H and O–H groups in total. The maximum Gasteiger partial charge on any atom is 0.255 e. The molecule has 98 valence electrons. The van der Waals surface area contributed by atoms with E-state index in [1.165, 1.54) is 0 Å². The second kappa shape index (κ2) is 5.47. The molecule has 2 rings (SSSR count). The van der Waals surface area contributed by atoms with Crippen LogP contribution in [0, 0.1) is 0 Å². The lowest BCUT2D eigenvalue weighted by molar-refractivity contribution is 0.0744. The monoisotopic (exact) mass is 345 g/mol. The summed E-state index contributed by atoms with van der Waals surface area (Å²) in [7, 11) is 0. The highest BCUT2D eigenvalue weighted by atomic mass is 79.9. The number of hydrogen-bond donors (Lipinski definition) is 1. The van der Waals surface area contributed by atoms with Crippen LogP contribution in [0.2, 0.25) is 0 Å². The zero-order valence-electron chi connectivity index (χ0n) is 10.4. The Morgan fingerprint density at radius 3 is 2.83 bits per heavy atom. The van der Waals surface area contributed by atoms with Crippen molar-refractivity contribution in [2.24, 2.45) is 0 Å². The van der Waals surface area contributed by atoms with Gasteiger partial charge in [-0.15, -0.1) is 12.6 Å². The Balaban J connectivity index is 2.20. The quantitative estimate of drug-likeness (QED) is 0.783. The summed E-state index contributed by atoms with van der Waals surface area (Å²) in [6.07, 6.45) is 0. The SMILES string of the molecule is CC1(C)CN(C(=O)c2ccc(Br)cc2S)CCS1. The number of rotatable bonds is 1. The molecule has 0 atom stereocenters. The van der Waals surface area contributed by atoms with Gasteiger partial charge < -0.3 is 4.90 Å². The van der Waals surface area contributed by atoms with Gasteiger partial charge in [-0.3, -0.25) is 4.79 Å². The molecule has 18 heavy (non-hydrogen) atoms. The lowest BCUT2D eigenvalue weighted by Crippen LogP contribution is -2.46. The largest absolute Gasteiger partial charge is 0.336 e. The maximum atomic E-state index is 12.5. The van der Waals surface area contributed by atoms with Crippen molar-refractivity contribution in [1.82, 2.24) is 4.90 Å². The fourth-order valence-electron chi connectivity index (χ4n) is 2.05. The molecule has 5 heteroatoms. The van der Waals surface area contributed by atoms with E-state index < -0.39 is 0 Å². The molecule has 1 aliphatic rings. The average Bonchev–Trinajstić information content (AvgIpc) is 2.27. The minimum atomic E-state index is 0.0841. The van der Waals surface area contributed by atoms with Gasteiger partial charge in [0.1, 0.15) is 0 Å². The highest BCUT2D eigenvalue weighted by Gasteiger charge is 2.30. The first-order chi connectivity index (χ1) is 8.39. The molecular formula is C13H16BrNOS2. The third-order valence-electron chi connectivity index (χ3n) is 2.90. The van der Waals surface area contributed by atoms with Crippen molar-refractivity contribution in [3.8, 4) is 0 Å². The number of carbonyl (C=O) groups excluding carboxylic acids is 1. The van der Waals surface area contributed by atoms with Crippen LogP contribution in [0.5, 0.6) is 0 Å². The Labute approximate surface area is 126 Å². The fraction of sp³-hybridized carbons (Fsp3) is 0.462. The molecule has 0 aliphatic carbocycles. The van der Waals surface area contributed by atoms with Gasteiger partial charge in [0.15, 0.2) is 0 Å². The van der Waals surface area contributed by atoms with Gasteiger partial charge >= 0.3 is 0 Å². The summed E-state index contributed by atoms with van der Waals surface area (Å²) in [6, 6.07) is 5.58. The molecule has 1 heterocycles. The van der Waals surface area contributed by atoms with E-state index in [0.717, 1.165) is 28.2 Å². The summed E-state index contributed by atoms with van der Waals surface area (Å²) in [6.45, 7) is 5.97. The molecule has 0 spiro atoms. The highest BCUT2D eigenvalue weighted by Crippen LogP contribution is 2.31. The summed E-state index contributed by atoms with van der Waals surface area (Å²) in [5.74, 6) is 1.08. The molecule has 1 amide bonds. The van der Waals surface area contributed by atoms with Crippen LogP contribution in [0.4, 0.5) is 0 Å². The van der Waals surface area contributed by atoms with Crippen molar-refractivity contribution < 1.29 is 4.79 Å². The number of carbonyl (C=O) groups is 1. The number of thiol groups is 1. The highest BCUT2D eigenvalue weighted by molar-refractivity contribution is 9.10. The molecule has 0 aromatic heterocycles. The van der Waals surface area contributed by atoms with Gasteiger partial charge in [-0.25, -0.2) is 0 Å². The van der Waals surface area contributed by atoms with Gasteiger partial charge in [-0.05, 0) is 32.0 Å². The Morgan fingerprint density at radius 2 is 2.22 bits per heavy atom. The Hall–Kier alpha value is -0.130. The van der Waals surface area contributed by atoms with Crippen molar-refractivity contribution in [2.45, 2.75) is 23.5 Å². The molecule has 1 saturated heterocycles. The van der Waals surface area contributed by atoms with Crippen molar-refractivity contribution in [1.29, 1.82) is 0 Å². The second-order valence-corrected chi connectivity index (χ2v) is 8.20. The Morgan fingerprint density at radius 1 is 1.50 bits per heavy atom. The van der Waals surface area contributed by atoms with E-state index in [9.17, 15) is 4.79 Å². The summed E-state index contributed by atoms with van der Waals surface area (Å²) >= 11 is 9.69. The zero-order chi connectivity index (χ0) is 13.3. The molecule has 1 aromatic carbocycles. The minimum absolute atomic E-state index is 0.0841. The van der Waals surface area contributed by atoms with Crippen molar-refractivity contribution in [3.63, 3.8) is 0 Å². The smallest absolute Gasteiger partial charge is 0.255 e. The van der Waals surface area contributed by atoms with E-state index in [2.05, 4.69) is 42.4 Å². The molecule has 1 aromatic rings. The second-order valence-electron chi connectivity index (χ2n) is 5.00. The molecule has 0 unspecified atom stereocenters. The Kier molecular flexibility index (Phi) is 4.34. The average molecular weight is 346 g/mol. The normalized spacial score (nSPS) is 18.8. The lowest BCUT2D eigenvalue weighted by Gasteiger charge is -2.37. The van der Waals surface area contributed by atoms with E-state index in [1.807, 2.05) is 34.9 Å². The van der Waals surface area contributed by atoms with Gasteiger partial charge in [0.05, 0.1) is 5.56 Å². The molecule has 0 saturated carbocycles. The fourth-order valence-corrected chi connectivity index (χ4v) is 4.00. The number of thioether (sulfide) groups is 1. The van der Waals surface area contributed by atoms with Gasteiger partial charge in [0.25, 0.3) is 5.91 Å². The van der Waals surface area contributed by atoms with Crippen molar-refractivity contribution >= 4 is 46.2 Å². The number of halogens is 1. The Bertz CT molecular complexity index is 476. The maximum absolute atomic E-state index is 12.5. The first kappa shape index (κ1) is 14.3. The van der Waals surface area contributed by atoms with Crippen LogP contribution < -0.4 is 0 Å². The van der Waals surface area contributed by atoms with Crippen LogP contribution in [-0.2, 0) is 0 Å². The third kappa shape index (κ3) is 3.25.